The van der Waals surface area contributed by atoms with E-state index in [0.717, 1.165) is 25.1 Å². The molecule has 2 rings (SSSR count). The van der Waals surface area contributed by atoms with E-state index in [0.29, 0.717) is 19.2 Å². The van der Waals surface area contributed by atoms with E-state index in [4.69, 9.17) is 0 Å². The lowest BCUT2D eigenvalue weighted by Gasteiger charge is -2.10. The molecule has 2 aromatic rings. The number of sulfonamides is 1. The molecule has 0 spiro atoms. The number of benzene rings is 2. The van der Waals surface area contributed by atoms with E-state index in [9.17, 15) is 22.0 Å². The Hall–Kier alpha value is -2.52. The number of anilines is 1. The zero-order chi connectivity index (χ0) is 19.9. The monoisotopic (exact) mass is 397 g/mol. The van der Waals surface area contributed by atoms with Gasteiger partial charge in [-0.2, -0.15) is 0 Å². The first-order valence-electron chi connectivity index (χ1n) is 8.40. The molecule has 0 radical (unpaired) electrons. The molecule has 9 heteroatoms. The van der Waals surface area contributed by atoms with Crippen LogP contribution in [0, 0.1) is 11.6 Å². The Bertz CT molecular complexity index is 904. The van der Waals surface area contributed by atoms with Crippen molar-refractivity contribution in [3.8, 4) is 0 Å². The summed E-state index contributed by atoms with van der Waals surface area (Å²) in [7, 11) is -4.12. The van der Waals surface area contributed by atoms with E-state index < -0.39 is 26.6 Å². The second kappa shape index (κ2) is 9.43. The molecule has 0 fully saturated rings. The molecule has 146 valence electrons. The molecule has 2 aromatic carbocycles. The van der Waals surface area contributed by atoms with Crippen molar-refractivity contribution in [3.63, 3.8) is 0 Å². The zero-order valence-electron chi connectivity index (χ0n) is 14.8. The van der Waals surface area contributed by atoms with Crippen LogP contribution in [0.4, 0.5) is 14.5 Å². The van der Waals surface area contributed by atoms with Crippen molar-refractivity contribution in [2.45, 2.75) is 18.2 Å². The summed E-state index contributed by atoms with van der Waals surface area (Å²) in [5.74, 6) is -2.74. The Balaban J connectivity index is 2.06. The van der Waals surface area contributed by atoms with Gasteiger partial charge in [-0.3, -0.25) is 9.52 Å². The Labute approximate surface area is 157 Å². The number of nitrogens with one attached hydrogen (secondary N) is 3. The summed E-state index contributed by atoms with van der Waals surface area (Å²) in [6.07, 6.45) is 0.994. The van der Waals surface area contributed by atoms with Gasteiger partial charge < -0.3 is 10.6 Å². The molecular formula is C18H21F2N3O3S. The molecule has 0 atom stereocenters. The molecule has 1 amide bonds. The Morgan fingerprint density at radius 1 is 1.00 bits per heavy atom. The normalized spacial score (nSPS) is 11.2. The zero-order valence-corrected chi connectivity index (χ0v) is 15.6. The topological polar surface area (TPSA) is 87.3 Å². The minimum atomic E-state index is -4.12. The van der Waals surface area contributed by atoms with Crippen molar-refractivity contribution < 1.29 is 22.0 Å². The summed E-state index contributed by atoms with van der Waals surface area (Å²) < 4.78 is 53.1. The van der Waals surface area contributed by atoms with Crippen molar-refractivity contribution in [2.75, 3.05) is 24.4 Å². The fourth-order valence-electron chi connectivity index (χ4n) is 2.25. The summed E-state index contributed by atoms with van der Waals surface area (Å²) in [6.45, 7) is 3.96. The van der Waals surface area contributed by atoms with E-state index in [1.165, 1.54) is 18.2 Å². The Morgan fingerprint density at radius 2 is 1.78 bits per heavy atom. The molecule has 0 saturated heterocycles. The molecule has 0 heterocycles. The van der Waals surface area contributed by atoms with Crippen LogP contribution in [0.15, 0.2) is 47.4 Å². The number of amides is 1. The van der Waals surface area contributed by atoms with Gasteiger partial charge in [0.1, 0.15) is 0 Å². The van der Waals surface area contributed by atoms with Gasteiger partial charge in [-0.05, 0) is 49.4 Å². The van der Waals surface area contributed by atoms with Crippen LogP contribution in [-0.4, -0.2) is 34.0 Å². The highest BCUT2D eigenvalue weighted by Crippen LogP contribution is 2.19. The minimum absolute atomic E-state index is 0.136. The van der Waals surface area contributed by atoms with Gasteiger partial charge in [0.25, 0.3) is 15.9 Å². The number of hydrogen-bond donors (Lipinski definition) is 3. The van der Waals surface area contributed by atoms with Crippen molar-refractivity contribution >= 4 is 21.6 Å². The first-order chi connectivity index (χ1) is 12.8. The molecule has 0 saturated carbocycles. The second-order valence-electron chi connectivity index (χ2n) is 5.77. The van der Waals surface area contributed by atoms with E-state index >= 15 is 0 Å². The number of halogens is 2. The highest BCUT2D eigenvalue weighted by atomic mass is 32.2. The maximum Gasteiger partial charge on any atom is 0.261 e. The van der Waals surface area contributed by atoms with Gasteiger partial charge in [0.05, 0.1) is 4.90 Å². The predicted octanol–water partition coefficient (Wildman–Crippen LogP) is 2.50. The molecule has 0 aliphatic carbocycles. The molecule has 27 heavy (non-hydrogen) atoms. The quantitative estimate of drug-likeness (QED) is 0.568. The molecule has 0 aromatic heterocycles. The predicted molar refractivity (Wildman–Crippen MR) is 99.1 cm³/mol. The van der Waals surface area contributed by atoms with Gasteiger partial charge in [-0.1, -0.05) is 13.0 Å². The Morgan fingerprint density at radius 3 is 2.48 bits per heavy atom. The van der Waals surface area contributed by atoms with Gasteiger partial charge in [0.2, 0.25) is 0 Å². The average Bonchev–Trinajstić information content (AvgIpc) is 2.63. The third kappa shape index (κ3) is 6.00. The molecule has 3 N–H and O–H groups in total. The highest BCUT2D eigenvalue weighted by molar-refractivity contribution is 7.92. The van der Waals surface area contributed by atoms with E-state index in [-0.39, 0.29) is 17.2 Å². The van der Waals surface area contributed by atoms with Crippen LogP contribution in [0.25, 0.3) is 0 Å². The largest absolute Gasteiger partial charge is 0.351 e. The van der Waals surface area contributed by atoms with Gasteiger partial charge >= 0.3 is 0 Å². The number of carbonyl (C=O) groups is 1. The smallest absolute Gasteiger partial charge is 0.261 e. The summed E-state index contributed by atoms with van der Waals surface area (Å²) in [5.41, 5.74) is 0.410. The Kier molecular flexibility index (Phi) is 7.26. The number of rotatable bonds is 9. The fraction of sp³-hybridized carbons (Fsp3) is 0.278. The average molecular weight is 397 g/mol. The minimum Gasteiger partial charge on any atom is -0.351 e. The van der Waals surface area contributed by atoms with Crippen molar-refractivity contribution in [1.29, 1.82) is 0 Å². The van der Waals surface area contributed by atoms with Gasteiger partial charge in [0.15, 0.2) is 11.6 Å². The maximum absolute atomic E-state index is 13.3. The van der Waals surface area contributed by atoms with Crippen molar-refractivity contribution in [3.05, 3.63) is 59.7 Å². The lowest BCUT2D eigenvalue weighted by molar-refractivity contribution is 0.0954. The van der Waals surface area contributed by atoms with Crippen LogP contribution in [0.2, 0.25) is 0 Å². The fourth-order valence-corrected chi connectivity index (χ4v) is 3.31. The number of carbonyl (C=O) groups excluding carboxylic acids is 1. The summed E-state index contributed by atoms with van der Waals surface area (Å²) in [5, 5.41) is 5.87. The summed E-state index contributed by atoms with van der Waals surface area (Å²) >= 11 is 0. The second-order valence-corrected chi connectivity index (χ2v) is 7.45. The molecule has 0 aliphatic heterocycles. The van der Waals surface area contributed by atoms with Gasteiger partial charge in [-0.25, -0.2) is 17.2 Å². The van der Waals surface area contributed by atoms with E-state index in [1.54, 1.807) is 6.07 Å². The number of hydrogen-bond acceptors (Lipinski definition) is 4. The van der Waals surface area contributed by atoms with Crippen LogP contribution >= 0.6 is 0 Å². The molecule has 6 nitrogen and oxygen atoms in total. The SMILES string of the molecule is CCCNCCNC(=O)c1cccc(NS(=O)(=O)c2ccc(F)c(F)c2)c1. The first-order valence-corrected chi connectivity index (χ1v) is 9.88. The summed E-state index contributed by atoms with van der Waals surface area (Å²) in [6, 6.07) is 8.18. The molecule has 0 bridgehead atoms. The van der Waals surface area contributed by atoms with Crippen LogP contribution in [0.5, 0.6) is 0 Å². The third-order valence-electron chi connectivity index (χ3n) is 3.59. The van der Waals surface area contributed by atoms with Crippen molar-refractivity contribution in [2.24, 2.45) is 0 Å². The molecule has 0 aliphatic rings. The van der Waals surface area contributed by atoms with Crippen molar-refractivity contribution in [1.82, 2.24) is 10.6 Å². The standard InChI is InChI=1S/C18H21F2N3O3S/c1-2-8-21-9-10-22-18(24)13-4-3-5-14(11-13)23-27(25,26)15-6-7-16(19)17(20)12-15/h3-7,11-12,21,23H,2,8-10H2,1H3,(H,22,24). The highest BCUT2D eigenvalue weighted by Gasteiger charge is 2.17. The van der Waals surface area contributed by atoms with E-state index in [2.05, 4.69) is 15.4 Å². The van der Waals surface area contributed by atoms with Gasteiger partial charge in [-0.15, -0.1) is 0 Å². The lowest BCUT2D eigenvalue weighted by Crippen LogP contribution is -2.32. The van der Waals surface area contributed by atoms with Crippen LogP contribution in [0.1, 0.15) is 23.7 Å². The third-order valence-corrected chi connectivity index (χ3v) is 4.97. The summed E-state index contributed by atoms with van der Waals surface area (Å²) in [4.78, 5) is 11.7. The lowest BCUT2D eigenvalue weighted by atomic mass is 10.2. The van der Waals surface area contributed by atoms with E-state index in [1.807, 2.05) is 6.92 Å². The molecule has 0 unspecified atom stereocenters. The maximum atomic E-state index is 13.3. The van der Waals surface area contributed by atoms with Crippen LogP contribution in [0.3, 0.4) is 0 Å². The van der Waals surface area contributed by atoms with Gasteiger partial charge in [0, 0.05) is 24.3 Å². The van der Waals surface area contributed by atoms with Crippen LogP contribution in [-0.2, 0) is 10.0 Å². The molecular weight excluding hydrogens is 376 g/mol. The first kappa shape index (κ1) is 20.8. The van der Waals surface area contributed by atoms with Crippen LogP contribution < -0.4 is 15.4 Å².